The van der Waals surface area contributed by atoms with Crippen LogP contribution in [0, 0.1) is 0 Å². The van der Waals surface area contributed by atoms with E-state index in [0.717, 1.165) is 5.56 Å². The van der Waals surface area contributed by atoms with Crippen LogP contribution in [0.15, 0.2) is 41.2 Å². The number of methoxy groups -OCH3 is 4. The molecule has 2 aromatic carbocycles. The van der Waals surface area contributed by atoms with Crippen molar-refractivity contribution in [1.82, 2.24) is 14.6 Å². The van der Waals surface area contributed by atoms with Gasteiger partial charge in [-0.05, 0) is 24.3 Å². The molecule has 8 nitrogen and oxygen atoms in total. The van der Waals surface area contributed by atoms with Gasteiger partial charge in [-0.2, -0.15) is 0 Å². The number of aromatic nitrogens is 3. The predicted octanol–water partition coefficient (Wildman–Crippen LogP) is 2.40. The van der Waals surface area contributed by atoms with Gasteiger partial charge in [-0.15, -0.1) is 10.2 Å². The minimum atomic E-state index is -0.213. The number of fused-ring (bicyclic) bond motifs is 1. The number of rotatable bonds is 6. The molecule has 0 aliphatic heterocycles. The third-order valence-corrected chi connectivity index (χ3v) is 5.56. The number of thiazole rings is 1. The summed E-state index contributed by atoms with van der Waals surface area (Å²) in [6.45, 7) is 0. The highest BCUT2D eigenvalue weighted by Crippen LogP contribution is 2.40. The molecule has 0 radical (unpaired) electrons. The molecule has 0 bridgehead atoms. The van der Waals surface area contributed by atoms with Crippen LogP contribution >= 0.6 is 11.3 Å². The monoisotopic (exact) mass is 425 g/mol. The minimum Gasteiger partial charge on any atom is -0.496 e. The Bertz CT molecular complexity index is 1300. The zero-order valence-corrected chi connectivity index (χ0v) is 17.6. The average Bonchev–Trinajstić information content (AvgIpc) is 3.33. The molecular weight excluding hydrogens is 406 g/mol. The van der Waals surface area contributed by atoms with Gasteiger partial charge in [0.15, 0.2) is 17.3 Å². The Balaban J connectivity index is 1.92. The molecule has 154 valence electrons. The fourth-order valence-electron chi connectivity index (χ4n) is 3.19. The summed E-state index contributed by atoms with van der Waals surface area (Å²) in [6, 6.07) is 11.0. The van der Waals surface area contributed by atoms with Gasteiger partial charge in [0.05, 0.1) is 33.0 Å². The van der Waals surface area contributed by atoms with E-state index in [4.69, 9.17) is 18.9 Å². The second-order valence-electron chi connectivity index (χ2n) is 6.21. The molecule has 30 heavy (non-hydrogen) atoms. The number of hydrogen-bond donors (Lipinski definition) is 0. The lowest BCUT2D eigenvalue weighted by Crippen LogP contribution is -2.23. The summed E-state index contributed by atoms with van der Waals surface area (Å²) in [7, 11) is 6.19. The second-order valence-corrected chi connectivity index (χ2v) is 7.22. The summed E-state index contributed by atoms with van der Waals surface area (Å²) < 4.78 is 23.6. The lowest BCUT2D eigenvalue weighted by atomic mass is 10.1. The quantitative estimate of drug-likeness (QED) is 0.469. The molecule has 0 saturated carbocycles. The maximum Gasteiger partial charge on any atom is 0.276 e. The fraction of sp³-hybridized carbons (Fsp3) is 0.190. The van der Waals surface area contributed by atoms with E-state index in [9.17, 15) is 4.79 Å². The summed E-state index contributed by atoms with van der Waals surface area (Å²) in [6.07, 6.45) is 1.79. The standard InChI is InChI=1S/C21H19N3O5S/c1-26-14-8-6-5-7-12(14)11-17-20(25)24-19(22-23-21(24)30-17)13-9-15(27-2)18(29-4)16(10-13)28-3/h5-11H,1-4H3/b17-11-. The van der Waals surface area contributed by atoms with Crippen molar-refractivity contribution < 1.29 is 18.9 Å². The topological polar surface area (TPSA) is 84.2 Å². The van der Waals surface area contributed by atoms with E-state index in [1.54, 1.807) is 25.3 Å². The molecular formula is C21H19N3O5S. The summed E-state index contributed by atoms with van der Waals surface area (Å²) >= 11 is 1.26. The van der Waals surface area contributed by atoms with E-state index in [0.29, 0.717) is 43.9 Å². The van der Waals surface area contributed by atoms with Crippen LogP contribution in [0.25, 0.3) is 22.4 Å². The van der Waals surface area contributed by atoms with Crippen LogP contribution in [-0.2, 0) is 0 Å². The van der Waals surface area contributed by atoms with Gasteiger partial charge in [0.2, 0.25) is 10.7 Å². The second kappa shape index (κ2) is 8.03. The third kappa shape index (κ3) is 3.22. The highest BCUT2D eigenvalue weighted by Gasteiger charge is 2.19. The molecule has 0 N–H and O–H groups in total. The lowest BCUT2D eigenvalue weighted by Gasteiger charge is -2.13. The van der Waals surface area contributed by atoms with Gasteiger partial charge in [0.25, 0.3) is 5.56 Å². The summed E-state index contributed by atoms with van der Waals surface area (Å²) in [5, 5.41) is 8.39. The van der Waals surface area contributed by atoms with Crippen LogP contribution in [0.5, 0.6) is 23.0 Å². The average molecular weight is 425 g/mol. The van der Waals surface area contributed by atoms with E-state index in [1.165, 1.54) is 37.1 Å². The molecule has 0 spiro atoms. The molecule has 0 fully saturated rings. The van der Waals surface area contributed by atoms with Crippen LogP contribution < -0.4 is 29.0 Å². The molecule has 0 amide bonds. The van der Waals surface area contributed by atoms with Crippen LogP contribution in [-0.4, -0.2) is 43.0 Å². The van der Waals surface area contributed by atoms with E-state index in [1.807, 2.05) is 24.3 Å². The van der Waals surface area contributed by atoms with Gasteiger partial charge in [-0.1, -0.05) is 29.5 Å². The fourth-order valence-corrected chi connectivity index (χ4v) is 4.09. The first kappa shape index (κ1) is 19.7. The molecule has 0 saturated heterocycles. The minimum absolute atomic E-state index is 0.213. The number of para-hydroxylation sites is 1. The van der Waals surface area contributed by atoms with Crippen molar-refractivity contribution in [2.75, 3.05) is 28.4 Å². The van der Waals surface area contributed by atoms with Crippen molar-refractivity contribution in [2.24, 2.45) is 0 Å². The molecule has 0 atom stereocenters. The number of benzene rings is 2. The predicted molar refractivity (Wildman–Crippen MR) is 114 cm³/mol. The van der Waals surface area contributed by atoms with E-state index >= 15 is 0 Å². The number of hydrogen-bond acceptors (Lipinski definition) is 8. The summed E-state index contributed by atoms with van der Waals surface area (Å²) in [5.41, 5.74) is 1.22. The maximum absolute atomic E-state index is 13.2. The van der Waals surface area contributed by atoms with Crippen molar-refractivity contribution in [3.8, 4) is 34.4 Å². The Morgan fingerprint density at radius 3 is 2.20 bits per heavy atom. The van der Waals surface area contributed by atoms with Crippen molar-refractivity contribution in [3.05, 3.63) is 56.8 Å². The molecule has 0 aliphatic carbocycles. The maximum atomic E-state index is 13.2. The van der Waals surface area contributed by atoms with Gasteiger partial charge in [-0.3, -0.25) is 4.79 Å². The Hall–Kier alpha value is -3.59. The van der Waals surface area contributed by atoms with E-state index < -0.39 is 0 Å². The Morgan fingerprint density at radius 1 is 0.900 bits per heavy atom. The normalized spacial score (nSPS) is 11.7. The van der Waals surface area contributed by atoms with Crippen LogP contribution in [0.2, 0.25) is 0 Å². The number of ether oxygens (including phenoxy) is 4. The lowest BCUT2D eigenvalue weighted by molar-refractivity contribution is 0.324. The van der Waals surface area contributed by atoms with Gasteiger partial charge in [0, 0.05) is 11.1 Å². The largest absolute Gasteiger partial charge is 0.496 e. The Labute approximate surface area is 175 Å². The summed E-state index contributed by atoms with van der Waals surface area (Å²) in [5.74, 6) is 2.47. The summed E-state index contributed by atoms with van der Waals surface area (Å²) in [4.78, 5) is 13.6. The zero-order chi connectivity index (χ0) is 21.3. The van der Waals surface area contributed by atoms with Crippen molar-refractivity contribution >= 4 is 22.4 Å². The van der Waals surface area contributed by atoms with Gasteiger partial charge < -0.3 is 18.9 Å². The molecule has 4 aromatic rings. The van der Waals surface area contributed by atoms with E-state index in [2.05, 4.69) is 10.2 Å². The Morgan fingerprint density at radius 2 is 1.57 bits per heavy atom. The first-order chi connectivity index (χ1) is 14.6. The smallest absolute Gasteiger partial charge is 0.276 e. The van der Waals surface area contributed by atoms with E-state index in [-0.39, 0.29) is 5.56 Å². The van der Waals surface area contributed by atoms with Crippen LogP contribution in [0.3, 0.4) is 0 Å². The van der Waals surface area contributed by atoms with Gasteiger partial charge >= 0.3 is 0 Å². The molecule has 0 aliphatic rings. The molecule has 2 aromatic heterocycles. The van der Waals surface area contributed by atoms with Crippen LogP contribution in [0.1, 0.15) is 5.56 Å². The first-order valence-corrected chi connectivity index (χ1v) is 9.76. The van der Waals surface area contributed by atoms with Crippen molar-refractivity contribution in [3.63, 3.8) is 0 Å². The molecule has 0 unspecified atom stereocenters. The molecule has 2 heterocycles. The third-order valence-electron chi connectivity index (χ3n) is 4.60. The first-order valence-electron chi connectivity index (χ1n) is 8.94. The molecule has 9 heteroatoms. The highest BCUT2D eigenvalue weighted by molar-refractivity contribution is 7.15. The highest BCUT2D eigenvalue weighted by atomic mass is 32.1. The SMILES string of the molecule is COc1ccccc1/C=c1\sc2nnc(-c3cc(OC)c(OC)c(OC)c3)n2c1=O. The van der Waals surface area contributed by atoms with Crippen molar-refractivity contribution in [1.29, 1.82) is 0 Å². The molecule has 4 rings (SSSR count). The van der Waals surface area contributed by atoms with Gasteiger partial charge in [-0.25, -0.2) is 4.40 Å². The number of nitrogens with zero attached hydrogens (tertiary/aromatic N) is 3. The zero-order valence-electron chi connectivity index (χ0n) is 16.8. The Kier molecular flexibility index (Phi) is 5.28. The van der Waals surface area contributed by atoms with Gasteiger partial charge in [0.1, 0.15) is 5.75 Å². The van der Waals surface area contributed by atoms with Crippen LogP contribution in [0.4, 0.5) is 0 Å². The van der Waals surface area contributed by atoms with Crippen molar-refractivity contribution in [2.45, 2.75) is 0 Å².